The van der Waals surface area contributed by atoms with E-state index >= 15 is 0 Å². The zero-order valence-electron chi connectivity index (χ0n) is 13.1. The van der Waals surface area contributed by atoms with Crippen LogP contribution in [-0.2, 0) is 16.0 Å². The second-order valence-electron chi connectivity index (χ2n) is 5.96. The molecule has 0 aliphatic carbocycles. The Balaban J connectivity index is 1.68. The van der Waals surface area contributed by atoms with Crippen LogP contribution in [0.4, 0.5) is 0 Å². The fraction of sp³-hybridized carbons (Fsp3) is 0.643. The summed E-state index contributed by atoms with van der Waals surface area (Å²) in [4.78, 5) is 40.1. The molecule has 0 radical (unpaired) electrons. The van der Waals surface area contributed by atoms with Crippen LogP contribution in [0.5, 0.6) is 0 Å². The van der Waals surface area contributed by atoms with Crippen LogP contribution in [0.3, 0.4) is 0 Å². The van der Waals surface area contributed by atoms with Gasteiger partial charge in [0, 0.05) is 19.6 Å². The summed E-state index contributed by atoms with van der Waals surface area (Å²) in [6.07, 6.45) is 2.05. The lowest BCUT2D eigenvalue weighted by Crippen LogP contribution is -2.55. The largest absolute Gasteiger partial charge is 0.347 e. The standard InChI is InChI=1S/C14H19N5O3S/c1-3-4-9-12(23-17-16-9)13(21)15-8-5-10-14(22)18(2)7-11(20)19(10)6-8/h8,10H,3-7H2,1-2H3,(H,15,21)/t8-,10-/m0/s1. The lowest BCUT2D eigenvalue weighted by atomic mass is 10.1. The van der Waals surface area contributed by atoms with E-state index in [-0.39, 0.29) is 30.3 Å². The maximum atomic E-state index is 12.4. The van der Waals surface area contributed by atoms with Crippen LogP contribution in [0.2, 0.25) is 0 Å². The van der Waals surface area contributed by atoms with Crippen molar-refractivity contribution in [2.24, 2.45) is 0 Å². The van der Waals surface area contributed by atoms with Crippen LogP contribution in [0.15, 0.2) is 0 Å². The Labute approximate surface area is 138 Å². The van der Waals surface area contributed by atoms with E-state index in [1.165, 1.54) is 4.90 Å². The summed E-state index contributed by atoms with van der Waals surface area (Å²) in [7, 11) is 1.63. The minimum absolute atomic E-state index is 0.0625. The first-order valence-corrected chi connectivity index (χ1v) is 8.45. The van der Waals surface area contributed by atoms with Crippen molar-refractivity contribution >= 4 is 29.3 Å². The predicted molar refractivity (Wildman–Crippen MR) is 82.9 cm³/mol. The molecule has 0 aromatic carbocycles. The molecule has 0 bridgehead atoms. The highest BCUT2D eigenvalue weighted by Crippen LogP contribution is 2.24. The zero-order chi connectivity index (χ0) is 16.6. The summed E-state index contributed by atoms with van der Waals surface area (Å²) in [5.41, 5.74) is 0.706. The van der Waals surface area contributed by atoms with Crippen LogP contribution in [0, 0.1) is 0 Å². The van der Waals surface area contributed by atoms with Crippen molar-refractivity contribution in [1.82, 2.24) is 24.7 Å². The highest BCUT2D eigenvalue weighted by atomic mass is 32.1. The highest BCUT2D eigenvalue weighted by molar-refractivity contribution is 7.08. The van der Waals surface area contributed by atoms with Crippen LogP contribution < -0.4 is 5.32 Å². The molecule has 2 atom stereocenters. The minimum Gasteiger partial charge on any atom is -0.347 e. The number of likely N-dealkylation sites (N-methyl/N-ethyl adjacent to an activating group) is 1. The first-order chi connectivity index (χ1) is 11.0. The first kappa shape index (κ1) is 15.9. The van der Waals surface area contributed by atoms with E-state index in [1.807, 2.05) is 6.92 Å². The van der Waals surface area contributed by atoms with Gasteiger partial charge in [0.1, 0.15) is 10.9 Å². The van der Waals surface area contributed by atoms with E-state index in [0.717, 1.165) is 18.0 Å². The molecule has 3 amide bonds. The average Bonchev–Trinajstić information content (AvgIpc) is 3.12. The van der Waals surface area contributed by atoms with E-state index in [0.29, 0.717) is 30.0 Å². The number of hydrogen-bond donors (Lipinski definition) is 1. The highest BCUT2D eigenvalue weighted by Gasteiger charge is 2.45. The third kappa shape index (κ3) is 2.92. The van der Waals surface area contributed by atoms with E-state index in [4.69, 9.17) is 0 Å². The maximum absolute atomic E-state index is 12.4. The van der Waals surface area contributed by atoms with Gasteiger partial charge in [0.2, 0.25) is 11.8 Å². The number of rotatable bonds is 4. The van der Waals surface area contributed by atoms with Gasteiger partial charge in [-0.2, -0.15) is 0 Å². The number of nitrogens with zero attached hydrogens (tertiary/aromatic N) is 4. The van der Waals surface area contributed by atoms with Crippen molar-refractivity contribution in [2.45, 2.75) is 38.3 Å². The monoisotopic (exact) mass is 337 g/mol. The van der Waals surface area contributed by atoms with Crippen molar-refractivity contribution in [3.05, 3.63) is 10.6 Å². The molecule has 2 saturated heterocycles. The van der Waals surface area contributed by atoms with Gasteiger partial charge < -0.3 is 15.1 Å². The number of carbonyl (C=O) groups excluding carboxylic acids is 3. The normalized spacial score (nSPS) is 24.1. The Morgan fingerprint density at radius 1 is 1.43 bits per heavy atom. The number of amides is 3. The first-order valence-electron chi connectivity index (χ1n) is 7.67. The van der Waals surface area contributed by atoms with Crippen LogP contribution in [0.25, 0.3) is 0 Å². The lowest BCUT2D eigenvalue weighted by Gasteiger charge is -2.33. The SMILES string of the molecule is CCCc1nnsc1C(=O)N[C@H]1C[C@H]2C(=O)N(C)CC(=O)N2C1. The molecule has 3 heterocycles. The fourth-order valence-corrected chi connectivity index (χ4v) is 3.72. The molecular formula is C14H19N5O3S. The van der Waals surface area contributed by atoms with Gasteiger partial charge in [-0.1, -0.05) is 17.8 Å². The summed E-state index contributed by atoms with van der Waals surface area (Å²) in [5, 5.41) is 6.91. The Bertz CT molecular complexity index is 646. The quantitative estimate of drug-likeness (QED) is 0.811. The molecule has 1 aromatic heterocycles. The Kier molecular flexibility index (Phi) is 4.29. The average molecular weight is 337 g/mol. The molecule has 3 rings (SSSR count). The summed E-state index contributed by atoms with van der Waals surface area (Å²) in [6.45, 7) is 2.50. The molecule has 0 spiro atoms. The Morgan fingerprint density at radius 3 is 2.96 bits per heavy atom. The van der Waals surface area contributed by atoms with E-state index in [1.54, 1.807) is 11.9 Å². The number of piperazine rings is 1. The molecule has 9 heteroatoms. The second-order valence-corrected chi connectivity index (χ2v) is 6.72. The number of fused-ring (bicyclic) bond motifs is 1. The van der Waals surface area contributed by atoms with Crippen LogP contribution in [-0.4, -0.2) is 69.3 Å². The zero-order valence-corrected chi connectivity index (χ0v) is 13.9. The predicted octanol–water partition coefficient (Wildman–Crippen LogP) is -0.338. The smallest absolute Gasteiger partial charge is 0.265 e. The van der Waals surface area contributed by atoms with Gasteiger partial charge in [-0.05, 0) is 24.4 Å². The molecule has 0 saturated carbocycles. The maximum Gasteiger partial charge on any atom is 0.265 e. The Hall–Kier alpha value is -2.03. The minimum atomic E-state index is -0.457. The van der Waals surface area contributed by atoms with Gasteiger partial charge in [-0.15, -0.1) is 5.10 Å². The van der Waals surface area contributed by atoms with Crippen LogP contribution >= 0.6 is 11.5 Å². The van der Waals surface area contributed by atoms with E-state index < -0.39 is 6.04 Å². The summed E-state index contributed by atoms with van der Waals surface area (Å²) in [5.74, 6) is -0.353. The lowest BCUT2D eigenvalue weighted by molar-refractivity contribution is -0.152. The number of aryl methyl sites for hydroxylation is 1. The third-order valence-corrected chi connectivity index (χ3v) is 5.01. The third-order valence-electron chi connectivity index (χ3n) is 4.24. The summed E-state index contributed by atoms with van der Waals surface area (Å²) >= 11 is 1.08. The van der Waals surface area contributed by atoms with Gasteiger partial charge in [0.05, 0.1) is 12.2 Å². The fourth-order valence-electron chi connectivity index (χ4n) is 3.11. The van der Waals surface area contributed by atoms with Crippen molar-refractivity contribution in [1.29, 1.82) is 0 Å². The molecule has 2 aliphatic heterocycles. The van der Waals surface area contributed by atoms with Crippen molar-refractivity contribution in [3.63, 3.8) is 0 Å². The van der Waals surface area contributed by atoms with Crippen molar-refractivity contribution < 1.29 is 14.4 Å². The van der Waals surface area contributed by atoms with Crippen LogP contribution in [0.1, 0.15) is 35.1 Å². The van der Waals surface area contributed by atoms with Gasteiger partial charge in [0.15, 0.2) is 0 Å². The number of hydrogen-bond acceptors (Lipinski definition) is 6. The van der Waals surface area contributed by atoms with Crippen molar-refractivity contribution in [2.75, 3.05) is 20.1 Å². The number of aromatic nitrogens is 2. The van der Waals surface area contributed by atoms with Gasteiger partial charge in [0.25, 0.3) is 5.91 Å². The molecule has 1 aromatic rings. The second kappa shape index (κ2) is 6.23. The summed E-state index contributed by atoms with van der Waals surface area (Å²) in [6, 6.07) is -0.676. The molecular weight excluding hydrogens is 318 g/mol. The molecule has 124 valence electrons. The molecule has 0 unspecified atom stereocenters. The van der Waals surface area contributed by atoms with Gasteiger partial charge >= 0.3 is 0 Å². The van der Waals surface area contributed by atoms with Crippen molar-refractivity contribution in [3.8, 4) is 0 Å². The Morgan fingerprint density at radius 2 is 2.22 bits per heavy atom. The van der Waals surface area contributed by atoms with E-state index in [9.17, 15) is 14.4 Å². The number of nitrogens with one attached hydrogen (secondary N) is 1. The van der Waals surface area contributed by atoms with Gasteiger partial charge in [-0.25, -0.2) is 0 Å². The summed E-state index contributed by atoms with van der Waals surface area (Å²) < 4.78 is 3.85. The topological polar surface area (TPSA) is 95.5 Å². The number of carbonyl (C=O) groups is 3. The molecule has 2 aliphatic rings. The van der Waals surface area contributed by atoms with Gasteiger partial charge in [-0.3, -0.25) is 14.4 Å². The molecule has 8 nitrogen and oxygen atoms in total. The molecule has 23 heavy (non-hydrogen) atoms. The van der Waals surface area contributed by atoms with E-state index in [2.05, 4.69) is 14.9 Å². The molecule has 1 N–H and O–H groups in total. The molecule has 2 fully saturated rings.